The van der Waals surface area contributed by atoms with Crippen LogP contribution < -0.4 is 10.6 Å². The number of hydrogen-bond acceptors (Lipinski definition) is 5. The first-order chi connectivity index (χ1) is 10.2. The molecular formula is C15H26ClN5. The monoisotopic (exact) mass is 311 g/mol. The van der Waals surface area contributed by atoms with Crippen molar-refractivity contribution in [3.05, 3.63) is 11.2 Å². The van der Waals surface area contributed by atoms with Crippen LogP contribution in [0.1, 0.15) is 39.5 Å². The van der Waals surface area contributed by atoms with Gasteiger partial charge in [-0.3, -0.25) is 0 Å². The van der Waals surface area contributed by atoms with Crippen molar-refractivity contribution in [3.63, 3.8) is 0 Å². The molecule has 1 fully saturated rings. The normalized spacial score (nSPS) is 17.5. The largest absolute Gasteiger partial charge is 0.365 e. The molecule has 0 radical (unpaired) electrons. The first kappa shape index (κ1) is 16.3. The Morgan fingerprint density at radius 2 is 2.10 bits per heavy atom. The Balaban J connectivity index is 1.90. The molecule has 6 heteroatoms. The zero-order valence-electron chi connectivity index (χ0n) is 13.0. The van der Waals surface area contributed by atoms with E-state index in [0.717, 1.165) is 25.3 Å². The van der Waals surface area contributed by atoms with E-state index in [9.17, 15) is 0 Å². The highest BCUT2D eigenvalue weighted by Gasteiger charge is 2.15. The molecule has 1 unspecified atom stereocenters. The summed E-state index contributed by atoms with van der Waals surface area (Å²) in [6.07, 6.45) is 6.68. The van der Waals surface area contributed by atoms with Crippen molar-refractivity contribution in [2.45, 2.75) is 45.6 Å². The molecule has 0 saturated carbocycles. The molecule has 1 atom stereocenters. The van der Waals surface area contributed by atoms with Crippen LogP contribution in [0, 0.1) is 0 Å². The lowest BCUT2D eigenvalue weighted by molar-refractivity contribution is 0.223. The van der Waals surface area contributed by atoms with Gasteiger partial charge in [-0.2, -0.15) is 4.98 Å². The van der Waals surface area contributed by atoms with Gasteiger partial charge in [-0.25, -0.2) is 4.98 Å². The Hall–Kier alpha value is -1.07. The van der Waals surface area contributed by atoms with Crippen LogP contribution in [0.25, 0.3) is 0 Å². The van der Waals surface area contributed by atoms with Crippen LogP contribution in [0.15, 0.2) is 6.20 Å². The highest BCUT2D eigenvalue weighted by molar-refractivity contribution is 6.32. The lowest BCUT2D eigenvalue weighted by Crippen LogP contribution is -2.38. The highest BCUT2D eigenvalue weighted by atomic mass is 35.5. The molecule has 2 heterocycles. The van der Waals surface area contributed by atoms with E-state index in [1.54, 1.807) is 6.20 Å². The molecule has 0 spiro atoms. The van der Waals surface area contributed by atoms with E-state index in [1.807, 2.05) is 0 Å². The summed E-state index contributed by atoms with van der Waals surface area (Å²) in [6, 6.07) is 0.314. The van der Waals surface area contributed by atoms with Crippen molar-refractivity contribution in [1.29, 1.82) is 0 Å². The Bertz CT molecular complexity index is 434. The fraction of sp³-hybridized carbons (Fsp3) is 0.733. The maximum atomic E-state index is 6.19. The summed E-state index contributed by atoms with van der Waals surface area (Å²) >= 11 is 6.19. The number of anilines is 2. The van der Waals surface area contributed by atoms with Crippen LogP contribution in [0.3, 0.4) is 0 Å². The topological polar surface area (TPSA) is 53.1 Å². The van der Waals surface area contributed by atoms with E-state index in [-0.39, 0.29) is 0 Å². The molecule has 21 heavy (non-hydrogen) atoms. The molecule has 1 aromatic rings. The smallest absolute Gasteiger partial charge is 0.224 e. The number of likely N-dealkylation sites (tertiary alicyclic amines) is 1. The fourth-order valence-corrected chi connectivity index (χ4v) is 2.74. The summed E-state index contributed by atoms with van der Waals surface area (Å²) < 4.78 is 0. The standard InChI is InChI=1S/C15H26ClN5/c1-3-7-17-15-18-10-13(16)14(20-15)19-12(2)11-21-8-5-4-6-9-21/h10,12H,3-9,11H2,1-2H3,(H2,17,18,19,20). The van der Waals surface area contributed by atoms with Gasteiger partial charge in [-0.05, 0) is 39.3 Å². The quantitative estimate of drug-likeness (QED) is 0.809. The van der Waals surface area contributed by atoms with Gasteiger partial charge in [0.1, 0.15) is 5.02 Å². The van der Waals surface area contributed by atoms with Gasteiger partial charge in [0, 0.05) is 19.1 Å². The van der Waals surface area contributed by atoms with Gasteiger partial charge in [0.25, 0.3) is 0 Å². The molecule has 1 saturated heterocycles. The van der Waals surface area contributed by atoms with Crippen molar-refractivity contribution >= 4 is 23.4 Å². The summed E-state index contributed by atoms with van der Waals surface area (Å²) in [4.78, 5) is 11.2. The lowest BCUT2D eigenvalue weighted by atomic mass is 10.1. The Morgan fingerprint density at radius 1 is 1.33 bits per heavy atom. The van der Waals surface area contributed by atoms with Crippen molar-refractivity contribution in [2.75, 3.05) is 36.8 Å². The number of hydrogen-bond donors (Lipinski definition) is 2. The number of piperidine rings is 1. The van der Waals surface area contributed by atoms with Gasteiger partial charge < -0.3 is 15.5 Å². The van der Waals surface area contributed by atoms with E-state index in [4.69, 9.17) is 11.6 Å². The zero-order chi connectivity index (χ0) is 15.1. The fourth-order valence-electron chi connectivity index (χ4n) is 2.60. The van der Waals surface area contributed by atoms with Crippen LogP contribution in [0.2, 0.25) is 5.02 Å². The predicted octanol–water partition coefficient (Wildman–Crippen LogP) is 3.24. The van der Waals surface area contributed by atoms with Crippen molar-refractivity contribution in [2.24, 2.45) is 0 Å². The van der Waals surface area contributed by atoms with Gasteiger partial charge in [-0.1, -0.05) is 24.9 Å². The molecular weight excluding hydrogens is 286 g/mol. The van der Waals surface area contributed by atoms with E-state index >= 15 is 0 Å². The third kappa shape index (κ3) is 5.32. The molecule has 1 aliphatic heterocycles. The van der Waals surface area contributed by atoms with E-state index in [2.05, 4.69) is 39.3 Å². The Morgan fingerprint density at radius 3 is 2.81 bits per heavy atom. The molecule has 0 aromatic carbocycles. The van der Waals surface area contributed by atoms with Gasteiger partial charge in [0.05, 0.1) is 6.20 Å². The second kappa shape index (κ2) is 8.39. The van der Waals surface area contributed by atoms with Gasteiger partial charge in [0.15, 0.2) is 5.82 Å². The third-order valence-corrected chi connectivity index (χ3v) is 3.92. The minimum atomic E-state index is 0.314. The third-order valence-electron chi connectivity index (χ3n) is 3.64. The summed E-state index contributed by atoms with van der Waals surface area (Å²) in [5.41, 5.74) is 0. The lowest BCUT2D eigenvalue weighted by Gasteiger charge is -2.29. The molecule has 0 aliphatic carbocycles. The first-order valence-corrected chi connectivity index (χ1v) is 8.32. The van der Waals surface area contributed by atoms with Crippen LogP contribution in [0.4, 0.5) is 11.8 Å². The molecule has 2 N–H and O–H groups in total. The maximum Gasteiger partial charge on any atom is 0.224 e. The van der Waals surface area contributed by atoms with Crippen LogP contribution in [-0.2, 0) is 0 Å². The summed E-state index contributed by atoms with van der Waals surface area (Å²) in [6.45, 7) is 8.58. The maximum absolute atomic E-state index is 6.19. The molecule has 1 aliphatic rings. The molecule has 118 valence electrons. The highest BCUT2D eigenvalue weighted by Crippen LogP contribution is 2.20. The number of rotatable bonds is 7. The molecule has 2 rings (SSSR count). The van der Waals surface area contributed by atoms with E-state index in [0.29, 0.717) is 17.0 Å². The van der Waals surface area contributed by atoms with Gasteiger partial charge in [-0.15, -0.1) is 0 Å². The second-order valence-electron chi connectivity index (χ2n) is 5.72. The summed E-state index contributed by atoms with van der Waals surface area (Å²) in [7, 11) is 0. The summed E-state index contributed by atoms with van der Waals surface area (Å²) in [5, 5.41) is 7.17. The minimum absolute atomic E-state index is 0.314. The number of aromatic nitrogens is 2. The average Bonchev–Trinajstić information content (AvgIpc) is 2.49. The van der Waals surface area contributed by atoms with E-state index < -0.39 is 0 Å². The number of nitrogens with zero attached hydrogens (tertiary/aromatic N) is 3. The second-order valence-corrected chi connectivity index (χ2v) is 6.13. The van der Waals surface area contributed by atoms with Crippen molar-refractivity contribution in [3.8, 4) is 0 Å². The molecule has 5 nitrogen and oxygen atoms in total. The predicted molar refractivity (Wildman–Crippen MR) is 89.2 cm³/mol. The molecule has 1 aromatic heterocycles. The van der Waals surface area contributed by atoms with E-state index in [1.165, 1.54) is 32.4 Å². The van der Waals surface area contributed by atoms with Crippen LogP contribution in [0.5, 0.6) is 0 Å². The van der Waals surface area contributed by atoms with Crippen molar-refractivity contribution < 1.29 is 0 Å². The van der Waals surface area contributed by atoms with Gasteiger partial charge in [0.2, 0.25) is 5.95 Å². The molecule has 0 amide bonds. The number of halogens is 1. The average molecular weight is 312 g/mol. The summed E-state index contributed by atoms with van der Waals surface area (Å²) in [5.74, 6) is 1.35. The van der Waals surface area contributed by atoms with Gasteiger partial charge >= 0.3 is 0 Å². The SMILES string of the molecule is CCCNc1ncc(Cl)c(NC(C)CN2CCCCC2)n1. The Labute approximate surface area is 132 Å². The zero-order valence-corrected chi connectivity index (χ0v) is 13.8. The first-order valence-electron chi connectivity index (χ1n) is 7.94. The molecule has 0 bridgehead atoms. The minimum Gasteiger partial charge on any atom is -0.365 e. The Kier molecular flexibility index (Phi) is 6.51. The van der Waals surface area contributed by atoms with Crippen LogP contribution in [-0.4, -0.2) is 47.1 Å². The number of nitrogens with one attached hydrogen (secondary N) is 2. The van der Waals surface area contributed by atoms with Crippen LogP contribution >= 0.6 is 11.6 Å². The van der Waals surface area contributed by atoms with Crippen molar-refractivity contribution in [1.82, 2.24) is 14.9 Å².